The summed E-state index contributed by atoms with van der Waals surface area (Å²) in [4.78, 5) is 21.1. The predicted molar refractivity (Wildman–Crippen MR) is 85.2 cm³/mol. The second-order valence-electron chi connectivity index (χ2n) is 5.33. The largest absolute Gasteiger partial charge is 0.294 e. The van der Waals surface area contributed by atoms with Crippen LogP contribution in [0.2, 0.25) is 0 Å². The van der Waals surface area contributed by atoms with E-state index in [1.54, 1.807) is 12.4 Å². The maximum atomic E-state index is 4.70. The van der Waals surface area contributed by atoms with Gasteiger partial charge in [-0.25, -0.2) is 19.9 Å². The molecule has 110 valence electrons. The number of hydrogen-bond acceptors (Lipinski definition) is 6. The molecule has 5 nitrogen and oxygen atoms in total. The lowest BCUT2D eigenvalue weighted by atomic mass is 10.1. The van der Waals surface area contributed by atoms with Gasteiger partial charge in [-0.3, -0.25) is 4.90 Å². The van der Waals surface area contributed by atoms with Crippen LogP contribution in [-0.4, -0.2) is 31.4 Å². The Balaban J connectivity index is 1.54. The second-order valence-corrected chi connectivity index (χ2v) is 6.36. The van der Waals surface area contributed by atoms with Gasteiger partial charge in [-0.05, 0) is 11.4 Å². The first-order valence-corrected chi connectivity index (χ1v) is 8.11. The molecule has 0 spiro atoms. The van der Waals surface area contributed by atoms with Gasteiger partial charge in [0.25, 0.3) is 0 Å². The van der Waals surface area contributed by atoms with E-state index in [0.29, 0.717) is 5.82 Å². The molecule has 1 aliphatic heterocycles. The van der Waals surface area contributed by atoms with Crippen molar-refractivity contribution in [3.05, 3.63) is 58.6 Å². The first-order chi connectivity index (χ1) is 10.9. The monoisotopic (exact) mass is 309 g/mol. The zero-order valence-electron chi connectivity index (χ0n) is 12.0. The van der Waals surface area contributed by atoms with Gasteiger partial charge in [0.15, 0.2) is 5.82 Å². The summed E-state index contributed by atoms with van der Waals surface area (Å²) in [6.45, 7) is 2.96. The summed E-state index contributed by atoms with van der Waals surface area (Å²) in [6.07, 6.45) is 7.93. The van der Waals surface area contributed by atoms with Crippen LogP contribution in [0, 0.1) is 0 Å². The molecule has 6 heteroatoms. The van der Waals surface area contributed by atoms with E-state index in [2.05, 4.69) is 37.4 Å². The summed E-state index contributed by atoms with van der Waals surface area (Å²) in [5.74, 6) is 0.714. The van der Waals surface area contributed by atoms with Gasteiger partial charge in [0.05, 0.1) is 11.3 Å². The van der Waals surface area contributed by atoms with Gasteiger partial charge in [-0.15, -0.1) is 11.3 Å². The molecule has 0 saturated heterocycles. The van der Waals surface area contributed by atoms with E-state index in [0.717, 1.165) is 37.3 Å². The van der Waals surface area contributed by atoms with E-state index in [1.807, 2.05) is 17.5 Å². The molecule has 0 saturated carbocycles. The molecule has 0 amide bonds. The summed E-state index contributed by atoms with van der Waals surface area (Å²) >= 11 is 1.81. The Kier molecular flexibility index (Phi) is 3.62. The average Bonchev–Trinajstić information content (AvgIpc) is 3.08. The molecule has 3 aromatic heterocycles. The van der Waals surface area contributed by atoms with Crippen LogP contribution in [0.3, 0.4) is 0 Å². The second kappa shape index (κ2) is 5.90. The summed E-state index contributed by atoms with van der Waals surface area (Å²) < 4.78 is 0. The van der Waals surface area contributed by atoms with Gasteiger partial charge in [0.1, 0.15) is 6.33 Å². The molecule has 0 aliphatic carbocycles. The average molecular weight is 309 g/mol. The van der Waals surface area contributed by atoms with Gasteiger partial charge < -0.3 is 0 Å². The molecule has 0 atom stereocenters. The summed E-state index contributed by atoms with van der Waals surface area (Å²) in [5.41, 5.74) is 3.24. The first-order valence-electron chi connectivity index (χ1n) is 7.23. The SMILES string of the molecule is c1csc(CN2CCc3nc(-c4cncnc4)ncc3C2)c1. The van der Waals surface area contributed by atoms with Crippen LogP contribution >= 0.6 is 11.3 Å². The van der Waals surface area contributed by atoms with E-state index in [-0.39, 0.29) is 0 Å². The van der Waals surface area contributed by atoms with Crippen LogP contribution in [0.15, 0.2) is 42.4 Å². The minimum absolute atomic E-state index is 0.714. The molecule has 22 heavy (non-hydrogen) atoms. The number of nitrogens with zero attached hydrogens (tertiary/aromatic N) is 5. The Morgan fingerprint density at radius 2 is 2.09 bits per heavy atom. The van der Waals surface area contributed by atoms with Crippen LogP contribution < -0.4 is 0 Å². The lowest BCUT2D eigenvalue weighted by Gasteiger charge is -2.27. The van der Waals surface area contributed by atoms with Crippen molar-refractivity contribution < 1.29 is 0 Å². The van der Waals surface area contributed by atoms with E-state index >= 15 is 0 Å². The molecule has 0 bridgehead atoms. The van der Waals surface area contributed by atoms with Crippen LogP contribution in [0.1, 0.15) is 16.1 Å². The van der Waals surface area contributed by atoms with Crippen molar-refractivity contribution in [2.75, 3.05) is 6.54 Å². The van der Waals surface area contributed by atoms with E-state index in [4.69, 9.17) is 4.98 Å². The normalized spacial score (nSPS) is 14.7. The lowest BCUT2D eigenvalue weighted by molar-refractivity contribution is 0.245. The molecule has 3 aromatic rings. The Labute approximate surface area is 132 Å². The van der Waals surface area contributed by atoms with E-state index < -0.39 is 0 Å². The highest BCUT2D eigenvalue weighted by molar-refractivity contribution is 7.09. The Morgan fingerprint density at radius 1 is 1.18 bits per heavy atom. The smallest absolute Gasteiger partial charge is 0.162 e. The third kappa shape index (κ3) is 2.75. The van der Waals surface area contributed by atoms with Crippen molar-refractivity contribution in [1.29, 1.82) is 0 Å². The fourth-order valence-corrected chi connectivity index (χ4v) is 3.43. The van der Waals surface area contributed by atoms with Crippen LogP contribution in [-0.2, 0) is 19.5 Å². The molecule has 0 N–H and O–H groups in total. The lowest BCUT2D eigenvalue weighted by Crippen LogP contribution is -2.30. The third-order valence-corrected chi connectivity index (χ3v) is 4.65. The third-order valence-electron chi connectivity index (χ3n) is 3.79. The van der Waals surface area contributed by atoms with Gasteiger partial charge in [-0.2, -0.15) is 0 Å². The van der Waals surface area contributed by atoms with Crippen molar-refractivity contribution >= 4 is 11.3 Å². The molecule has 0 aromatic carbocycles. The van der Waals surface area contributed by atoms with Crippen LogP contribution in [0.25, 0.3) is 11.4 Å². The fourth-order valence-electron chi connectivity index (χ4n) is 2.69. The molecule has 0 fully saturated rings. The highest BCUT2D eigenvalue weighted by Crippen LogP contribution is 2.22. The Morgan fingerprint density at radius 3 is 2.91 bits per heavy atom. The zero-order valence-corrected chi connectivity index (χ0v) is 12.8. The minimum atomic E-state index is 0.714. The highest BCUT2D eigenvalue weighted by atomic mass is 32.1. The standard InChI is InChI=1S/C16H15N5S/c1-2-14(22-5-1)10-21-4-3-15-13(9-21)8-19-16(20-15)12-6-17-11-18-7-12/h1-2,5-8,11H,3-4,9-10H2. The molecular weight excluding hydrogens is 294 g/mol. The van der Waals surface area contributed by atoms with E-state index in [1.165, 1.54) is 16.8 Å². The van der Waals surface area contributed by atoms with Gasteiger partial charge in [0.2, 0.25) is 0 Å². The van der Waals surface area contributed by atoms with Crippen molar-refractivity contribution in [3.63, 3.8) is 0 Å². The Hall–Kier alpha value is -2.18. The fraction of sp³-hybridized carbons (Fsp3) is 0.250. The molecule has 0 unspecified atom stereocenters. The van der Waals surface area contributed by atoms with Crippen molar-refractivity contribution in [2.45, 2.75) is 19.5 Å². The number of fused-ring (bicyclic) bond motifs is 1. The van der Waals surface area contributed by atoms with E-state index in [9.17, 15) is 0 Å². The van der Waals surface area contributed by atoms with Gasteiger partial charge >= 0.3 is 0 Å². The first kappa shape index (κ1) is 13.5. The maximum Gasteiger partial charge on any atom is 0.162 e. The minimum Gasteiger partial charge on any atom is -0.294 e. The van der Waals surface area contributed by atoms with Crippen LogP contribution in [0.5, 0.6) is 0 Å². The molecule has 4 rings (SSSR count). The zero-order chi connectivity index (χ0) is 14.8. The number of hydrogen-bond donors (Lipinski definition) is 0. The maximum absolute atomic E-state index is 4.70. The van der Waals surface area contributed by atoms with Crippen molar-refractivity contribution in [2.24, 2.45) is 0 Å². The summed E-state index contributed by atoms with van der Waals surface area (Å²) in [7, 11) is 0. The number of aromatic nitrogens is 4. The topological polar surface area (TPSA) is 54.8 Å². The number of rotatable bonds is 3. The van der Waals surface area contributed by atoms with Crippen molar-refractivity contribution in [3.8, 4) is 11.4 Å². The highest BCUT2D eigenvalue weighted by Gasteiger charge is 2.19. The molecular formula is C16H15N5S. The molecule has 1 aliphatic rings. The quantitative estimate of drug-likeness (QED) is 0.744. The Bertz CT molecular complexity index is 757. The summed E-state index contributed by atoms with van der Waals surface area (Å²) in [6, 6.07) is 4.30. The number of thiophene rings is 1. The molecule has 4 heterocycles. The molecule has 0 radical (unpaired) electrons. The van der Waals surface area contributed by atoms with Gasteiger partial charge in [0, 0.05) is 55.1 Å². The summed E-state index contributed by atoms with van der Waals surface area (Å²) in [5, 5.41) is 2.13. The van der Waals surface area contributed by atoms with Crippen LogP contribution in [0.4, 0.5) is 0 Å². The van der Waals surface area contributed by atoms with Gasteiger partial charge in [-0.1, -0.05) is 6.07 Å². The van der Waals surface area contributed by atoms with Crippen molar-refractivity contribution in [1.82, 2.24) is 24.8 Å². The predicted octanol–water partition coefficient (Wildman–Crippen LogP) is 2.55.